The second kappa shape index (κ2) is 10.0. The predicted octanol–water partition coefficient (Wildman–Crippen LogP) is 2.72. The van der Waals surface area contributed by atoms with Crippen LogP contribution in [0.1, 0.15) is 37.7 Å². The standard InChI is InChI=1S/C25H31N3O4/c1-32-22-11-9-18-6-2-3-7-20(18)21(22)16-26-25(31)19-10-12-24(30)28(17-19)15-5-14-27-13-4-8-23(27)29/h2-3,6-7,9,11,19H,4-5,8,10,12-17H2,1H3,(H,26,31). The van der Waals surface area contributed by atoms with E-state index in [4.69, 9.17) is 4.74 Å². The Morgan fingerprint density at radius 2 is 1.84 bits per heavy atom. The van der Waals surface area contributed by atoms with Gasteiger partial charge < -0.3 is 19.9 Å². The van der Waals surface area contributed by atoms with Gasteiger partial charge in [0.2, 0.25) is 17.7 Å². The van der Waals surface area contributed by atoms with Gasteiger partial charge in [-0.25, -0.2) is 0 Å². The number of likely N-dealkylation sites (tertiary alicyclic amines) is 2. The number of piperidine rings is 1. The average molecular weight is 438 g/mol. The van der Waals surface area contributed by atoms with E-state index in [9.17, 15) is 14.4 Å². The second-order valence-corrected chi connectivity index (χ2v) is 8.60. The lowest BCUT2D eigenvalue weighted by molar-refractivity contribution is -0.138. The summed E-state index contributed by atoms with van der Waals surface area (Å²) in [6.07, 6.45) is 3.26. The molecule has 0 radical (unpaired) electrons. The first-order chi connectivity index (χ1) is 15.6. The molecule has 1 atom stereocenters. The van der Waals surface area contributed by atoms with Gasteiger partial charge in [-0.2, -0.15) is 0 Å². The third-order valence-electron chi connectivity index (χ3n) is 6.56. The molecule has 2 saturated heterocycles. The van der Waals surface area contributed by atoms with Crippen LogP contribution >= 0.6 is 0 Å². The SMILES string of the molecule is COc1ccc2ccccc2c1CNC(=O)C1CCC(=O)N(CCCN2CCCC2=O)C1. The van der Waals surface area contributed by atoms with Crippen molar-refractivity contribution in [3.8, 4) is 5.75 Å². The van der Waals surface area contributed by atoms with E-state index in [0.29, 0.717) is 45.4 Å². The molecule has 7 nitrogen and oxygen atoms in total. The molecule has 2 aromatic carbocycles. The van der Waals surface area contributed by atoms with E-state index in [1.165, 1.54) is 0 Å². The van der Waals surface area contributed by atoms with Crippen LogP contribution in [0.15, 0.2) is 36.4 Å². The number of ether oxygens (including phenoxy) is 1. The van der Waals surface area contributed by atoms with E-state index in [1.54, 1.807) is 12.0 Å². The van der Waals surface area contributed by atoms with Gasteiger partial charge in [-0.05, 0) is 36.1 Å². The molecular weight excluding hydrogens is 406 g/mol. The minimum Gasteiger partial charge on any atom is -0.496 e. The maximum absolute atomic E-state index is 12.9. The lowest BCUT2D eigenvalue weighted by Crippen LogP contribution is -2.46. The van der Waals surface area contributed by atoms with Gasteiger partial charge in [0.15, 0.2) is 0 Å². The molecule has 2 aliphatic heterocycles. The van der Waals surface area contributed by atoms with E-state index >= 15 is 0 Å². The smallest absolute Gasteiger partial charge is 0.225 e. The van der Waals surface area contributed by atoms with Gasteiger partial charge in [0, 0.05) is 51.1 Å². The summed E-state index contributed by atoms with van der Waals surface area (Å²) in [6.45, 7) is 2.90. The summed E-state index contributed by atoms with van der Waals surface area (Å²) in [5.74, 6) is 0.795. The molecule has 3 amide bonds. The van der Waals surface area contributed by atoms with Gasteiger partial charge in [0.1, 0.15) is 5.75 Å². The van der Waals surface area contributed by atoms with Gasteiger partial charge in [-0.15, -0.1) is 0 Å². The molecule has 7 heteroatoms. The van der Waals surface area contributed by atoms with E-state index in [0.717, 1.165) is 41.5 Å². The topological polar surface area (TPSA) is 79.0 Å². The van der Waals surface area contributed by atoms with Gasteiger partial charge in [-0.3, -0.25) is 14.4 Å². The molecule has 4 rings (SSSR count). The van der Waals surface area contributed by atoms with Crippen LogP contribution in [0, 0.1) is 5.92 Å². The molecule has 1 unspecified atom stereocenters. The van der Waals surface area contributed by atoms with Crippen molar-refractivity contribution in [1.29, 1.82) is 0 Å². The number of nitrogens with one attached hydrogen (secondary N) is 1. The van der Waals surface area contributed by atoms with Gasteiger partial charge >= 0.3 is 0 Å². The number of rotatable bonds is 8. The van der Waals surface area contributed by atoms with Crippen molar-refractivity contribution in [3.63, 3.8) is 0 Å². The van der Waals surface area contributed by atoms with Crippen LogP contribution in [0.4, 0.5) is 0 Å². The highest BCUT2D eigenvalue weighted by molar-refractivity contribution is 5.89. The highest BCUT2D eigenvalue weighted by Gasteiger charge is 2.30. The third kappa shape index (κ3) is 4.87. The molecule has 0 saturated carbocycles. The van der Waals surface area contributed by atoms with Crippen molar-refractivity contribution in [1.82, 2.24) is 15.1 Å². The Morgan fingerprint density at radius 1 is 1.06 bits per heavy atom. The Morgan fingerprint density at radius 3 is 2.62 bits per heavy atom. The van der Waals surface area contributed by atoms with Crippen molar-refractivity contribution in [2.24, 2.45) is 5.92 Å². The zero-order valence-electron chi connectivity index (χ0n) is 18.6. The fourth-order valence-corrected chi connectivity index (χ4v) is 4.75. The van der Waals surface area contributed by atoms with Crippen molar-refractivity contribution in [2.75, 3.05) is 33.3 Å². The molecule has 32 heavy (non-hydrogen) atoms. The van der Waals surface area contributed by atoms with Crippen molar-refractivity contribution in [3.05, 3.63) is 42.0 Å². The zero-order valence-corrected chi connectivity index (χ0v) is 18.6. The monoisotopic (exact) mass is 437 g/mol. The van der Waals surface area contributed by atoms with Crippen molar-refractivity contribution < 1.29 is 19.1 Å². The minimum absolute atomic E-state index is 0.0350. The van der Waals surface area contributed by atoms with E-state index in [-0.39, 0.29) is 23.6 Å². The third-order valence-corrected chi connectivity index (χ3v) is 6.56. The molecular formula is C25H31N3O4. The van der Waals surface area contributed by atoms with Crippen LogP contribution in [0.25, 0.3) is 10.8 Å². The predicted molar refractivity (Wildman–Crippen MR) is 122 cm³/mol. The Balaban J connectivity index is 1.34. The van der Waals surface area contributed by atoms with Crippen LogP contribution < -0.4 is 10.1 Å². The van der Waals surface area contributed by atoms with Crippen LogP contribution in [0.2, 0.25) is 0 Å². The molecule has 0 aromatic heterocycles. The lowest BCUT2D eigenvalue weighted by atomic mass is 9.96. The molecule has 2 aliphatic rings. The molecule has 2 aromatic rings. The quantitative estimate of drug-likeness (QED) is 0.689. The number of carbonyl (C=O) groups excluding carboxylic acids is 3. The summed E-state index contributed by atoms with van der Waals surface area (Å²) in [5.41, 5.74) is 0.956. The molecule has 0 aliphatic carbocycles. The Hall–Kier alpha value is -3.09. The maximum Gasteiger partial charge on any atom is 0.225 e. The summed E-state index contributed by atoms with van der Waals surface area (Å²) in [4.78, 5) is 40.7. The highest BCUT2D eigenvalue weighted by atomic mass is 16.5. The molecule has 2 fully saturated rings. The second-order valence-electron chi connectivity index (χ2n) is 8.60. The Bertz CT molecular complexity index is 1010. The van der Waals surface area contributed by atoms with Crippen LogP contribution in [0.5, 0.6) is 5.75 Å². The number of benzene rings is 2. The summed E-state index contributed by atoms with van der Waals surface area (Å²) in [6, 6.07) is 12.0. The van der Waals surface area contributed by atoms with Gasteiger partial charge in [0.05, 0.1) is 13.0 Å². The van der Waals surface area contributed by atoms with E-state index < -0.39 is 0 Å². The summed E-state index contributed by atoms with van der Waals surface area (Å²) in [7, 11) is 1.63. The lowest BCUT2D eigenvalue weighted by Gasteiger charge is -2.32. The fourth-order valence-electron chi connectivity index (χ4n) is 4.75. The van der Waals surface area contributed by atoms with Crippen LogP contribution in [0.3, 0.4) is 0 Å². The molecule has 170 valence electrons. The first-order valence-corrected chi connectivity index (χ1v) is 11.4. The minimum atomic E-state index is -0.220. The first kappa shape index (κ1) is 22.1. The van der Waals surface area contributed by atoms with Crippen molar-refractivity contribution >= 4 is 28.5 Å². The highest BCUT2D eigenvalue weighted by Crippen LogP contribution is 2.28. The number of hydrogen-bond donors (Lipinski definition) is 1. The van der Waals surface area contributed by atoms with E-state index in [2.05, 4.69) is 5.32 Å². The van der Waals surface area contributed by atoms with Gasteiger partial charge in [-0.1, -0.05) is 30.3 Å². The fraction of sp³-hybridized carbons (Fsp3) is 0.480. The Kier molecular flexibility index (Phi) is 6.93. The first-order valence-electron chi connectivity index (χ1n) is 11.4. The number of carbonyl (C=O) groups is 3. The number of hydrogen-bond acceptors (Lipinski definition) is 4. The van der Waals surface area contributed by atoms with E-state index in [1.807, 2.05) is 41.3 Å². The van der Waals surface area contributed by atoms with Crippen LogP contribution in [-0.4, -0.2) is 60.8 Å². The summed E-state index contributed by atoms with van der Waals surface area (Å²) < 4.78 is 5.52. The summed E-state index contributed by atoms with van der Waals surface area (Å²) >= 11 is 0. The zero-order chi connectivity index (χ0) is 22.5. The number of nitrogens with zero attached hydrogens (tertiary/aromatic N) is 2. The van der Waals surface area contributed by atoms with Crippen molar-refractivity contribution in [2.45, 2.75) is 38.6 Å². The number of methoxy groups -OCH3 is 1. The number of fused-ring (bicyclic) bond motifs is 1. The molecule has 1 N–H and O–H groups in total. The molecule has 0 bridgehead atoms. The van der Waals surface area contributed by atoms with Gasteiger partial charge in [0.25, 0.3) is 0 Å². The normalized spacial score (nSPS) is 19.0. The maximum atomic E-state index is 12.9. The molecule has 0 spiro atoms. The number of amides is 3. The average Bonchev–Trinajstić information content (AvgIpc) is 3.22. The molecule has 2 heterocycles. The van der Waals surface area contributed by atoms with Crippen LogP contribution in [-0.2, 0) is 20.9 Å². The Labute approximate surface area is 188 Å². The largest absolute Gasteiger partial charge is 0.496 e. The summed E-state index contributed by atoms with van der Waals surface area (Å²) in [5, 5.41) is 5.23.